The number of sulfonamides is 2. The molecule has 1 saturated heterocycles. The van der Waals surface area contributed by atoms with E-state index < -0.39 is 37.9 Å². The van der Waals surface area contributed by atoms with Crippen LogP contribution in [0.4, 0.5) is 18.9 Å². The number of benzene rings is 1. The van der Waals surface area contributed by atoms with Crippen molar-refractivity contribution in [3.05, 3.63) is 53.0 Å². The Morgan fingerprint density at radius 2 is 1.76 bits per heavy atom. The maximum Gasteiger partial charge on any atom is 0.421 e. The number of halogens is 3. The van der Waals surface area contributed by atoms with Crippen LogP contribution in [-0.4, -0.2) is 75.3 Å². The third-order valence-electron chi connectivity index (χ3n) is 6.43. The first-order valence-electron chi connectivity index (χ1n) is 12.0. The molecular formula is C24H32F3N3O5S3. The largest absolute Gasteiger partial charge is 0.421 e. The Balaban J connectivity index is 1.90. The van der Waals surface area contributed by atoms with Gasteiger partial charge >= 0.3 is 6.18 Å². The summed E-state index contributed by atoms with van der Waals surface area (Å²) in [5, 5.41) is 9.98. The van der Waals surface area contributed by atoms with Gasteiger partial charge in [-0.2, -0.15) is 17.5 Å². The number of anilines is 1. The lowest BCUT2D eigenvalue weighted by molar-refractivity contribution is -0.258. The van der Waals surface area contributed by atoms with Crippen LogP contribution in [0.1, 0.15) is 32.8 Å². The van der Waals surface area contributed by atoms with Gasteiger partial charge in [0, 0.05) is 43.2 Å². The van der Waals surface area contributed by atoms with Gasteiger partial charge in [-0.3, -0.25) is 0 Å². The molecule has 0 aromatic heterocycles. The van der Waals surface area contributed by atoms with Crippen LogP contribution in [0.15, 0.2) is 47.4 Å². The SMILES string of the molecule is CC(C)CS(=O)(=O)NC[C@H]1CN(S(=O)(=O)C2=CC=CCC2=S)CCN1c1ccc([C@](C)(O)C(F)(F)F)cc1. The summed E-state index contributed by atoms with van der Waals surface area (Å²) in [6.45, 7) is 4.20. The topological polar surface area (TPSA) is 107 Å². The van der Waals surface area contributed by atoms with Gasteiger partial charge in [-0.1, -0.05) is 50.4 Å². The molecule has 0 spiro atoms. The maximum absolute atomic E-state index is 13.4. The summed E-state index contributed by atoms with van der Waals surface area (Å²) in [4.78, 5) is 2.07. The molecule has 1 aliphatic carbocycles. The Morgan fingerprint density at radius 3 is 2.32 bits per heavy atom. The highest BCUT2D eigenvalue weighted by atomic mass is 32.2. The molecule has 2 N–H and O–H groups in total. The standard InChI is InChI=1S/C24H32F3N3O5S3/c1-17(2)16-37(32,33)28-14-20-15-29(38(34,35)22-7-5-4-6-21(22)36)12-13-30(20)19-10-8-18(9-11-19)23(3,31)24(25,26)27/h4-5,7-11,17,20,28,31H,6,12-16H2,1-3H3/t20-,23-/m0/s1. The lowest BCUT2D eigenvalue weighted by atomic mass is 9.95. The van der Waals surface area contributed by atoms with E-state index in [9.17, 15) is 35.1 Å². The van der Waals surface area contributed by atoms with E-state index in [0.717, 1.165) is 12.1 Å². The molecule has 0 amide bonds. The number of thiocarbonyl (C=S) groups is 1. The van der Waals surface area contributed by atoms with Crippen LogP contribution >= 0.6 is 12.2 Å². The zero-order chi connectivity index (χ0) is 28.5. The number of allylic oxidation sites excluding steroid dienone is 4. The molecule has 1 aromatic carbocycles. The van der Waals surface area contributed by atoms with Crippen LogP contribution in [0, 0.1) is 5.92 Å². The molecule has 212 valence electrons. The minimum atomic E-state index is -4.88. The average molecular weight is 596 g/mol. The highest BCUT2D eigenvalue weighted by molar-refractivity contribution is 7.96. The smallest absolute Gasteiger partial charge is 0.376 e. The van der Waals surface area contributed by atoms with Crippen molar-refractivity contribution >= 4 is 42.8 Å². The van der Waals surface area contributed by atoms with Crippen LogP contribution in [0.2, 0.25) is 0 Å². The number of hydrogen-bond acceptors (Lipinski definition) is 7. The fraction of sp³-hybridized carbons (Fsp3) is 0.542. The summed E-state index contributed by atoms with van der Waals surface area (Å²) in [7, 11) is -7.60. The van der Waals surface area contributed by atoms with E-state index in [1.54, 1.807) is 30.9 Å². The minimum Gasteiger partial charge on any atom is -0.376 e. The second kappa shape index (κ2) is 11.3. The fourth-order valence-electron chi connectivity index (χ4n) is 4.31. The summed E-state index contributed by atoms with van der Waals surface area (Å²) in [6, 6.07) is 4.45. The Hall–Kier alpha value is -1.84. The summed E-state index contributed by atoms with van der Waals surface area (Å²) in [5.41, 5.74) is -2.94. The van der Waals surface area contributed by atoms with Crippen LogP contribution in [-0.2, 0) is 25.6 Å². The van der Waals surface area contributed by atoms with Gasteiger partial charge in [-0.05, 0) is 36.6 Å². The number of nitrogens with zero attached hydrogens (tertiary/aromatic N) is 2. The Morgan fingerprint density at radius 1 is 1.13 bits per heavy atom. The molecule has 0 unspecified atom stereocenters. The van der Waals surface area contributed by atoms with E-state index >= 15 is 0 Å². The second-order valence-corrected chi connectivity index (χ2v) is 14.2. The van der Waals surface area contributed by atoms with Crippen molar-refractivity contribution in [3.63, 3.8) is 0 Å². The summed E-state index contributed by atoms with van der Waals surface area (Å²) >= 11 is 5.25. The van der Waals surface area contributed by atoms with Crippen molar-refractivity contribution in [1.82, 2.24) is 9.03 Å². The van der Waals surface area contributed by atoms with Crippen molar-refractivity contribution in [2.75, 3.05) is 36.8 Å². The number of hydrogen-bond donors (Lipinski definition) is 2. The lowest BCUT2D eigenvalue weighted by Gasteiger charge is -2.42. The Kier molecular flexibility index (Phi) is 9.16. The number of rotatable bonds is 9. The molecule has 2 atom stereocenters. The van der Waals surface area contributed by atoms with Gasteiger partial charge in [0.1, 0.15) is 0 Å². The van der Waals surface area contributed by atoms with Gasteiger partial charge in [-0.15, -0.1) is 0 Å². The number of alkyl halides is 3. The van der Waals surface area contributed by atoms with Crippen molar-refractivity contribution < 1.29 is 35.1 Å². The molecule has 0 saturated carbocycles. The normalized spacial score (nSPS) is 21.5. The summed E-state index contributed by atoms with van der Waals surface area (Å²) in [6.07, 6.45) is 0.264. The molecule has 3 rings (SSSR count). The van der Waals surface area contributed by atoms with Gasteiger partial charge in [0.2, 0.25) is 20.0 Å². The Labute approximate surface area is 227 Å². The molecule has 2 aliphatic rings. The van der Waals surface area contributed by atoms with E-state index in [1.165, 1.54) is 22.5 Å². The molecule has 0 bridgehead atoms. The van der Waals surface area contributed by atoms with E-state index in [-0.39, 0.29) is 53.2 Å². The molecule has 0 radical (unpaired) electrons. The van der Waals surface area contributed by atoms with Crippen LogP contribution in [0.25, 0.3) is 0 Å². The number of aliphatic hydroxyl groups is 1. The van der Waals surface area contributed by atoms with E-state index in [4.69, 9.17) is 12.2 Å². The fourth-order valence-corrected chi connectivity index (χ4v) is 7.83. The van der Waals surface area contributed by atoms with Gasteiger partial charge in [-0.25, -0.2) is 21.6 Å². The first-order valence-corrected chi connectivity index (χ1v) is 15.5. The minimum absolute atomic E-state index is 0.0290. The Bertz CT molecular complexity index is 1310. The maximum atomic E-state index is 13.4. The number of piperazine rings is 1. The van der Waals surface area contributed by atoms with Gasteiger partial charge < -0.3 is 10.0 Å². The zero-order valence-corrected chi connectivity index (χ0v) is 23.7. The van der Waals surface area contributed by atoms with E-state index in [2.05, 4.69) is 4.72 Å². The first kappa shape index (κ1) is 30.7. The van der Waals surface area contributed by atoms with Crippen LogP contribution in [0.5, 0.6) is 0 Å². The summed E-state index contributed by atoms with van der Waals surface area (Å²) in [5.74, 6) is -0.246. The number of nitrogens with one attached hydrogen (secondary N) is 1. The van der Waals surface area contributed by atoms with Crippen LogP contribution < -0.4 is 9.62 Å². The third-order valence-corrected chi connectivity index (χ3v) is 10.6. The van der Waals surface area contributed by atoms with Gasteiger partial charge in [0.15, 0.2) is 5.60 Å². The highest BCUT2D eigenvalue weighted by Gasteiger charge is 2.51. The molecule has 1 fully saturated rings. The van der Waals surface area contributed by atoms with Crippen molar-refractivity contribution in [3.8, 4) is 0 Å². The first-order chi connectivity index (χ1) is 17.5. The predicted octanol–water partition coefficient (Wildman–Crippen LogP) is 3.07. The quantitative estimate of drug-likeness (QED) is 0.423. The molecule has 1 heterocycles. The van der Waals surface area contributed by atoms with Crippen molar-refractivity contribution in [2.24, 2.45) is 5.92 Å². The molecule has 1 aromatic rings. The summed E-state index contributed by atoms with van der Waals surface area (Å²) < 4.78 is 95.4. The zero-order valence-electron chi connectivity index (χ0n) is 21.3. The second-order valence-electron chi connectivity index (χ2n) is 9.94. The monoisotopic (exact) mass is 595 g/mol. The van der Waals surface area contributed by atoms with Gasteiger partial charge in [0.25, 0.3) is 0 Å². The van der Waals surface area contributed by atoms with E-state index in [0.29, 0.717) is 19.0 Å². The molecule has 38 heavy (non-hydrogen) atoms. The lowest BCUT2D eigenvalue weighted by Crippen LogP contribution is -2.58. The van der Waals surface area contributed by atoms with Gasteiger partial charge in [0.05, 0.1) is 16.7 Å². The molecule has 1 aliphatic heterocycles. The molecular weight excluding hydrogens is 563 g/mol. The van der Waals surface area contributed by atoms with Crippen LogP contribution in [0.3, 0.4) is 0 Å². The molecule has 8 nitrogen and oxygen atoms in total. The average Bonchev–Trinajstić information content (AvgIpc) is 2.81. The van der Waals surface area contributed by atoms with Crippen molar-refractivity contribution in [2.45, 2.75) is 45.0 Å². The molecule has 14 heteroatoms. The van der Waals surface area contributed by atoms with Crippen molar-refractivity contribution in [1.29, 1.82) is 0 Å². The predicted molar refractivity (Wildman–Crippen MR) is 145 cm³/mol. The third kappa shape index (κ3) is 6.83. The highest BCUT2D eigenvalue weighted by Crippen LogP contribution is 2.39. The van der Waals surface area contributed by atoms with E-state index in [1.807, 2.05) is 0 Å².